The highest BCUT2D eigenvalue weighted by molar-refractivity contribution is 4.96. The Hall–Kier alpha value is -1.45. The first kappa shape index (κ1) is 8.64. The van der Waals surface area contributed by atoms with Crippen molar-refractivity contribution in [2.24, 2.45) is 0 Å². The van der Waals surface area contributed by atoms with Crippen LogP contribution in [0.1, 0.15) is 11.5 Å². The van der Waals surface area contributed by atoms with Crippen LogP contribution in [0, 0.1) is 13.8 Å². The Morgan fingerprint density at radius 3 is 2.75 bits per heavy atom. The smallest absolute Gasteiger partial charge is 0.275 e. The van der Waals surface area contributed by atoms with E-state index >= 15 is 0 Å². The summed E-state index contributed by atoms with van der Waals surface area (Å²) in [6.07, 6.45) is 1.66. The molecule has 0 bridgehead atoms. The van der Waals surface area contributed by atoms with Crippen molar-refractivity contribution in [1.82, 2.24) is 14.8 Å². The first-order chi connectivity index (χ1) is 5.66. The van der Waals surface area contributed by atoms with Crippen LogP contribution >= 0.6 is 0 Å². The van der Waals surface area contributed by atoms with Gasteiger partial charge in [-0.25, -0.2) is 0 Å². The van der Waals surface area contributed by atoms with E-state index < -0.39 is 0 Å². The zero-order valence-electron chi connectivity index (χ0n) is 7.24. The summed E-state index contributed by atoms with van der Waals surface area (Å²) in [6.45, 7) is 7.44. The van der Waals surface area contributed by atoms with E-state index in [0.717, 1.165) is 0 Å². The summed E-state index contributed by atoms with van der Waals surface area (Å²) in [4.78, 5) is 11.4. The number of allylic oxidation sites excluding steroid dienone is 1. The monoisotopic (exact) mass is 165 g/mol. The number of aromatic nitrogens is 3. The molecule has 0 aliphatic carbocycles. The molecular weight excluding hydrogens is 154 g/mol. The van der Waals surface area contributed by atoms with E-state index in [1.165, 1.54) is 4.57 Å². The van der Waals surface area contributed by atoms with Crippen LogP contribution in [0.25, 0.3) is 0 Å². The number of hydrogen-bond donors (Lipinski definition) is 0. The zero-order valence-corrected chi connectivity index (χ0v) is 7.24. The van der Waals surface area contributed by atoms with Gasteiger partial charge in [-0.05, 0) is 13.8 Å². The predicted octanol–water partition coefficient (Wildman–Crippen LogP) is 0.441. The number of aryl methyl sites for hydroxylation is 2. The molecule has 1 heterocycles. The molecule has 1 aromatic rings. The van der Waals surface area contributed by atoms with Crippen LogP contribution in [0.15, 0.2) is 17.4 Å². The van der Waals surface area contributed by atoms with E-state index in [4.69, 9.17) is 0 Å². The van der Waals surface area contributed by atoms with E-state index in [2.05, 4.69) is 16.8 Å². The Balaban J connectivity index is 3.32. The molecule has 4 nitrogen and oxygen atoms in total. The van der Waals surface area contributed by atoms with Crippen LogP contribution in [-0.2, 0) is 6.54 Å². The molecule has 1 aromatic heterocycles. The number of rotatable bonds is 2. The van der Waals surface area contributed by atoms with E-state index in [1.807, 2.05) is 0 Å². The molecule has 0 saturated carbocycles. The minimum absolute atomic E-state index is 0.0950. The first-order valence-electron chi connectivity index (χ1n) is 3.68. The van der Waals surface area contributed by atoms with E-state index in [0.29, 0.717) is 18.1 Å². The Morgan fingerprint density at radius 1 is 1.50 bits per heavy atom. The van der Waals surface area contributed by atoms with Crippen molar-refractivity contribution >= 4 is 0 Å². The Labute approximate surface area is 70.6 Å². The largest absolute Gasteiger partial charge is 0.290 e. The van der Waals surface area contributed by atoms with Crippen molar-refractivity contribution in [3.05, 3.63) is 34.5 Å². The summed E-state index contributed by atoms with van der Waals surface area (Å²) < 4.78 is 1.54. The molecule has 0 aromatic carbocycles. The van der Waals surface area contributed by atoms with E-state index in [-0.39, 0.29) is 5.56 Å². The van der Waals surface area contributed by atoms with Gasteiger partial charge < -0.3 is 0 Å². The molecule has 1 rings (SSSR count). The standard InChI is InChI=1S/C8H11N3O/c1-4-5-11-7(3)10-9-6(2)8(11)12/h4H,1,5H2,2-3H3. The molecule has 0 amide bonds. The van der Waals surface area contributed by atoms with Crippen molar-refractivity contribution in [2.75, 3.05) is 0 Å². The van der Waals surface area contributed by atoms with E-state index in [1.54, 1.807) is 19.9 Å². The normalized spacial score (nSPS) is 9.83. The van der Waals surface area contributed by atoms with Gasteiger partial charge in [0.25, 0.3) is 5.56 Å². The second kappa shape index (κ2) is 3.30. The zero-order chi connectivity index (χ0) is 9.14. The maximum absolute atomic E-state index is 11.4. The molecular formula is C8H11N3O. The molecule has 12 heavy (non-hydrogen) atoms. The number of hydrogen-bond acceptors (Lipinski definition) is 3. The summed E-state index contributed by atoms with van der Waals surface area (Å²) in [6, 6.07) is 0. The van der Waals surface area contributed by atoms with Gasteiger partial charge in [0.05, 0.1) is 0 Å². The lowest BCUT2D eigenvalue weighted by atomic mass is 10.4. The van der Waals surface area contributed by atoms with Crippen LogP contribution in [0.5, 0.6) is 0 Å². The molecule has 0 saturated heterocycles. The topological polar surface area (TPSA) is 47.8 Å². The van der Waals surface area contributed by atoms with Crippen LogP contribution in [0.3, 0.4) is 0 Å². The molecule has 0 fully saturated rings. The van der Waals surface area contributed by atoms with Gasteiger partial charge in [0, 0.05) is 6.54 Å². The summed E-state index contributed by atoms with van der Waals surface area (Å²) in [5.41, 5.74) is 0.324. The third-order valence-corrected chi connectivity index (χ3v) is 1.60. The molecule has 64 valence electrons. The van der Waals surface area contributed by atoms with Gasteiger partial charge in [-0.15, -0.1) is 16.8 Å². The van der Waals surface area contributed by atoms with Crippen LogP contribution in [0.4, 0.5) is 0 Å². The fourth-order valence-corrected chi connectivity index (χ4v) is 0.931. The number of nitrogens with zero attached hydrogens (tertiary/aromatic N) is 3. The van der Waals surface area contributed by atoms with Crippen molar-refractivity contribution in [3.8, 4) is 0 Å². The third kappa shape index (κ3) is 1.42. The Kier molecular flexibility index (Phi) is 2.38. The third-order valence-electron chi connectivity index (χ3n) is 1.60. The van der Waals surface area contributed by atoms with Gasteiger partial charge in [0.1, 0.15) is 11.5 Å². The molecule has 0 aliphatic heterocycles. The molecule has 4 heteroatoms. The van der Waals surface area contributed by atoms with Gasteiger partial charge in [0.15, 0.2) is 0 Å². The molecule has 0 N–H and O–H groups in total. The van der Waals surface area contributed by atoms with Gasteiger partial charge in [-0.3, -0.25) is 9.36 Å². The molecule has 0 aliphatic rings. The predicted molar refractivity (Wildman–Crippen MR) is 46.0 cm³/mol. The van der Waals surface area contributed by atoms with E-state index in [9.17, 15) is 4.79 Å². The van der Waals surface area contributed by atoms with Crippen LogP contribution < -0.4 is 5.56 Å². The highest BCUT2D eigenvalue weighted by atomic mass is 16.1. The quantitative estimate of drug-likeness (QED) is 0.597. The molecule has 0 radical (unpaired) electrons. The summed E-state index contributed by atoms with van der Waals surface area (Å²) in [5, 5.41) is 7.53. The van der Waals surface area contributed by atoms with Crippen molar-refractivity contribution in [3.63, 3.8) is 0 Å². The molecule has 0 atom stereocenters. The Bertz CT molecular complexity index is 354. The maximum atomic E-state index is 11.4. The fraction of sp³-hybridized carbons (Fsp3) is 0.375. The van der Waals surface area contributed by atoms with Gasteiger partial charge in [-0.2, -0.15) is 0 Å². The fourth-order valence-electron chi connectivity index (χ4n) is 0.931. The van der Waals surface area contributed by atoms with Gasteiger partial charge >= 0.3 is 0 Å². The second-order valence-electron chi connectivity index (χ2n) is 2.54. The van der Waals surface area contributed by atoms with Gasteiger partial charge in [0.2, 0.25) is 0 Å². The lowest BCUT2D eigenvalue weighted by molar-refractivity contribution is 0.668. The highest BCUT2D eigenvalue weighted by Gasteiger charge is 2.02. The minimum Gasteiger partial charge on any atom is -0.290 e. The summed E-state index contributed by atoms with van der Waals surface area (Å²) in [5.74, 6) is 0.616. The van der Waals surface area contributed by atoms with Crippen molar-refractivity contribution < 1.29 is 0 Å². The molecule has 0 unspecified atom stereocenters. The van der Waals surface area contributed by atoms with Gasteiger partial charge in [-0.1, -0.05) is 6.08 Å². The highest BCUT2D eigenvalue weighted by Crippen LogP contribution is 1.88. The lowest BCUT2D eigenvalue weighted by Crippen LogP contribution is -2.26. The average Bonchev–Trinajstić information content (AvgIpc) is 2.06. The summed E-state index contributed by atoms with van der Waals surface area (Å²) in [7, 11) is 0. The lowest BCUT2D eigenvalue weighted by Gasteiger charge is -2.04. The average molecular weight is 165 g/mol. The van der Waals surface area contributed by atoms with Crippen LogP contribution in [-0.4, -0.2) is 14.8 Å². The summed E-state index contributed by atoms with van der Waals surface area (Å²) >= 11 is 0. The van der Waals surface area contributed by atoms with Crippen molar-refractivity contribution in [2.45, 2.75) is 20.4 Å². The maximum Gasteiger partial charge on any atom is 0.275 e. The van der Waals surface area contributed by atoms with Crippen molar-refractivity contribution in [1.29, 1.82) is 0 Å². The van der Waals surface area contributed by atoms with Crippen LogP contribution in [0.2, 0.25) is 0 Å². The molecule has 0 spiro atoms. The Morgan fingerprint density at radius 2 is 2.17 bits per heavy atom. The second-order valence-corrected chi connectivity index (χ2v) is 2.54. The first-order valence-corrected chi connectivity index (χ1v) is 3.68. The minimum atomic E-state index is -0.0950. The SMILES string of the molecule is C=CCn1c(C)nnc(C)c1=O.